The zero-order valence-corrected chi connectivity index (χ0v) is 9.21. The molecule has 9 heteroatoms. The van der Waals surface area contributed by atoms with Crippen LogP contribution < -0.4 is 0 Å². The first-order valence-electron chi connectivity index (χ1n) is 5.03. The summed E-state index contributed by atoms with van der Waals surface area (Å²) in [5.74, 6) is -25.7. The van der Waals surface area contributed by atoms with Gasteiger partial charge in [0.1, 0.15) is 0 Å². The summed E-state index contributed by atoms with van der Waals surface area (Å²) in [7, 11) is 0. The van der Waals surface area contributed by atoms with Crippen LogP contribution in [0.25, 0.3) is 0 Å². The lowest BCUT2D eigenvalue weighted by Gasteiger charge is -2.30. The summed E-state index contributed by atoms with van der Waals surface area (Å²) in [4.78, 5) is 0. The maximum atomic E-state index is 14.1. The summed E-state index contributed by atoms with van der Waals surface area (Å²) in [5, 5.41) is 0. The van der Waals surface area contributed by atoms with E-state index >= 15 is 0 Å². The standard InChI is InChI=1S/C11H4F9/c12-7(6-4-2-1-3-5-6)8(13,14)10(17,18)11(19,20)9(7,15)16/h1-4H. The number of hydrogen-bond donors (Lipinski definition) is 0. The van der Waals surface area contributed by atoms with Crippen molar-refractivity contribution in [1.29, 1.82) is 0 Å². The Morgan fingerprint density at radius 1 is 0.650 bits per heavy atom. The van der Waals surface area contributed by atoms with Crippen molar-refractivity contribution in [3.63, 3.8) is 0 Å². The third-order valence-electron chi connectivity index (χ3n) is 3.13. The molecule has 0 aliphatic heterocycles. The molecule has 0 saturated heterocycles. The van der Waals surface area contributed by atoms with Crippen LogP contribution in [0.5, 0.6) is 0 Å². The van der Waals surface area contributed by atoms with E-state index in [9.17, 15) is 39.5 Å². The Morgan fingerprint density at radius 2 is 1.10 bits per heavy atom. The van der Waals surface area contributed by atoms with Crippen molar-refractivity contribution < 1.29 is 39.5 Å². The highest BCUT2D eigenvalue weighted by Crippen LogP contribution is 2.72. The second-order valence-corrected chi connectivity index (χ2v) is 4.23. The van der Waals surface area contributed by atoms with Crippen LogP contribution in [0.2, 0.25) is 0 Å². The summed E-state index contributed by atoms with van der Waals surface area (Å²) in [6.45, 7) is 0. The topological polar surface area (TPSA) is 0 Å². The fourth-order valence-electron chi connectivity index (χ4n) is 1.97. The molecule has 0 spiro atoms. The second kappa shape index (κ2) is 3.62. The smallest absolute Gasteiger partial charge is 0.225 e. The first kappa shape index (κ1) is 15.0. The van der Waals surface area contributed by atoms with Gasteiger partial charge in [-0.15, -0.1) is 0 Å². The number of rotatable bonds is 1. The van der Waals surface area contributed by atoms with Crippen molar-refractivity contribution in [2.24, 2.45) is 0 Å². The van der Waals surface area contributed by atoms with Gasteiger partial charge < -0.3 is 0 Å². The van der Waals surface area contributed by atoms with Gasteiger partial charge in [-0.2, -0.15) is 35.1 Å². The maximum absolute atomic E-state index is 14.1. The lowest BCUT2D eigenvalue weighted by molar-refractivity contribution is -0.303. The lowest BCUT2D eigenvalue weighted by atomic mass is 9.88. The van der Waals surface area contributed by atoms with Gasteiger partial charge in [0.2, 0.25) is 0 Å². The van der Waals surface area contributed by atoms with Gasteiger partial charge >= 0.3 is 23.7 Å². The summed E-state index contributed by atoms with van der Waals surface area (Å²) in [5.41, 5.74) is -7.35. The summed E-state index contributed by atoms with van der Waals surface area (Å²) < 4.78 is 119. The Bertz CT molecular complexity index is 494. The van der Waals surface area contributed by atoms with Crippen molar-refractivity contribution in [1.82, 2.24) is 0 Å². The normalized spacial score (nSPS) is 28.2. The van der Waals surface area contributed by atoms with E-state index in [0.717, 1.165) is 12.1 Å². The molecule has 1 aromatic carbocycles. The van der Waals surface area contributed by atoms with E-state index in [-0.39, 0.29) is 6.07 Å². The van der Waals surface area contributed by atoms with Gasteiger partial charge in [-0.25, -0.2) is 4.39 Å². The van der Waals surface area contributed by atoms with E-state index in [4.69, 9.17) is 0 Å². The number of benzene rings is 1. The molecule has 20 heavy (non-hydrogen) atoms. The molecule has 0 nitrogen and oxygen atoms in total. The van der Waals surface area contributed by atoms with Crippen LogP contribution in [0.1, 0.15) is 5.56 Å². The Balaban J connectivity index is 2.82. The first-order valence-corrected chi connectivity index (χ1v) is 5.03. The van der Waals surface area contributed by atoms with Crippen LogP contribution in [0.3, 0.4) is 0 Å². The minimum absolute atomic E-state index is 0.263. The average molecular weight is 307 g/mol. The molecule has 0 atom stereocenters. The molecule has 1 aromatic rings. The van der Waals surface area contributed by atoms with Crippen LogP contribution in [-0.2, 0) is 5.67 Å². The highest BCUT2D eigenvalue weighted by atomic mass is 19.4. The van der Waals surface area contributed by atoms with E-state index in [2.05, 4.69) is 0 Å². The number of alkyl halides is 9. The molecule has 1 aliphatic rings. The van der Waals surface area contributed by atoms with Gasteiger partial charge in [0.25, 0.3) is 5.67 Å². The Labute approximate surface area is 106 Å². The molecule has 1 fully saturated rings. The first-order chi connectivity index (χ1) is 8.86. The molecule has 0 bridgehead atoms. The monoisotopic (exact) mass is 307 g/mol. The Morgan fingerprint density at radius 3 is 1.45 bits per heavy atom. The van der Waals surface area contributed by atoms with Gasteiger partial charge in [-0.1, -0.05) is 24.3 Å². The van der Waals surface area contributed by atoms with E-state index in [1.54, 1.807) is 0 Å². The zero-order chi connectivity index (χ0) is 15.6. The van der Waals surface area contributed by atoms with Crippen LogP contribution in [0.15, 0.2) is 24.3 Å². The quantitative estimate of drug-likeness (QED) is 0.682. The van der Waals surface area contributed by atoms with Gasteiger partial charge in [0.05, 0.1) is 0 Å². The van der Waals surface area contributed by atoms with E-state index in [1.807, 2.05) is 0 Å². The summed E-state index contributed by atoms with van der Waals surface area (Å²) >= 11 is 0. The molecule has 2 rings (SSSR count). The van der Waals surface area contributed by atoms with Crippen molar-refractivity contribution in [2.75, 3.05) is 0 Å². The molecule has 0 amide bonds. The van der Waals surface area contributed by atoms with Crippen molar-refractivity contribution in [2.45, 2.75) is 29.4 Å². The van der Waals surface area contributed by atoms with Gasteiger partial charge in [-0.3, -0.25) is 0 Å². The molecule has 0 N–H and O–H groups in total. The van der Waals surface area contributed by atoms with Crippen LogP contribution in [0.4, 0.5) is 39.5 Å². The lowest BCUT2D eigenvalue weighted by Crippen LogP contribution is -2.52. The molecular formula is C11H4F9. The molecule has 0 aromatic heterocycles. The SMILES string of the molecule is FC1(F)C(F)(F)C(F)(F)C(F)(c2[c]cccc2)C1(F)F. The number of halogens is 9. The van der Waals surface area contributed by atoms with Crippen LogP contribution >= 0.6 is 0 Å². The van der Waals surface area contributed by atoms with E-state index in [0.29, 0.717) is 6.07 Å². The van der Waals surface area contributed by atoms with Crippen LogP contribution in [0, 0.1) is 6.07 Å². The summed E-state index contributed by atoms with van der Waals surface area (Å²) in [6.07, 6.45) is 0. The molecule has 0 heterocycles. The van der Waals surface area contributed by atoms with E-state index < -0.39 is 34.9 Å². The van der Waals surface area contributed by atoms with Crippen molar-refractivity contribution in [3.05, 3.63) is 35.9 Å². The number of hydrogen-bond acceptors (Lipinski definition) is 0. The minimum Gasteiger partial charge on any atom is -0.225 e. The Kier molecular flexibility index (Phi) is 2.71. The highest BCUT2D eigenvalue weighted by molar-refractivity contribution is 5.37. The molecule has 1 radical (unpaired) electrons. The van der Waals surface area contributed by atoms with Crippen molar-refractivity contribution >= 4 is 0 Å². The second-order valence-electron chi connectivity index (χ2n) is 4.23. The largest absolute Gasteiger partial charge is 0.382 e. The summed E-state index contributed by atoms with van der Waals surface area (Å²) in [6, 6.07) is 4.26. The van der Waals surface area contributed by atoms with Crippen LogP contribution in [-0.4, -0.2) is 23.7 Å². The third-order valence-corrected chi connectivity index (χ3v) is 3.13. The third kappa shape index (κ3) is 1.22. The zero-order valence-electron chi connectivity index (χ0n) is 9.21. The maximum Gasteiger partial charge on any atom is 0.382 e. The Hall–Kier alpha value is -1.41. The van der Waals surface area contributed by atoms with Gasteiger partial charge in [0, 0.05) is 5.56 Å². The van der Waals surface area contributed by atoms with Gasteiger partial charge in [-0.05, 0) is 6.07 Å². The highest BCUT2D eigenvalue weighted by Gasteiger charge is 3.00. The predicted octanol–water partition coefficient (Wildman–Crippen LogP) is 4.21. The molecule has 0 unspecified atom stereocenters. The molecular weight excluding hydrogens is 303 g/mol. The average Bonchev–Trinajstić information content (AvgIpc) is 2.41. The minimum atomic E-state index is -6.55. The fourth-order valence-corrected chi connectivity index (χ4v) is 1.97. The molecule has 111 valence electrons. The van der Waals surface area contributed by atoms with E-state index in [1.165, 1.54) is 6.07 Å². The molecule has 1 aliphatic carbocycles. The van der Waals surface area contributed by atoms with Crippen molar-refractivity contribution in [3.8, 4) is 0 Å². The molecule has 1 saturated carbocycles. The predicted molar refractivity (Wildman–Crippen MR) is 47.9 cm³/mol. The fraction of sp³-hybridized carbons (Fsp3) is 0.455. The van der Waals surface area contributed by atoms with Gasteiger partial charge in [0.15, 0.2) is 0 Å².